The fraction of sp³-hybridized carbons (Fsp3) is 0.409. The number of aryl methyl sites for hydroxylation is 1. The van der Waals surface area contributed by atoms with E-state index in [0.717, 1.165) is 36.0 Å². The lowest BCUT2D eigenvalue weighted by atomic mass is 9.75. The Kier molecular flexibility index (Phi) is 6.92. The van der Waals surface area contributed by atoms with Crippen LogP contribution in [0, 0.1) is 0 Å². The Labute approximate surface area is 172 Å². The van der Waals surface area contributed by atoms with Gasteiger partial charge in [-0.2, -0.15) is 0 Å². The molecular weight excluding hydrogens is 388 g/mol. The van der Waals surface area contributed by atoms with Gasteiger partial charge in [0.1, 0.15) is 0 Å². The Balaban J connectivity index is 1.87. The summed E-state index contributed by atoms with van der Waals surface area (Å²) in [6, 6.07) is 15.9. The maximum atomic E-state index is 12.0. The molecule has 2 aromatic carbocycles. The van der Waals surface area contributed by atoms with Gasteiger partial charge in [-0.15, -0.1) is 0 Å². The number of sulfonamides is 1. The summed E-state index contributed by atoms with van der Waals surface area (Å²) in [6.45, 7) is 2.08. The van der Waals surface area contributed by atoms with Gasteiger partial charge < -0.3 is 10.4 Å². The molecule has 0 fully saturated rings. The van der Waals surface area contributed by atoms with Gasteiger partial charge in [0.15, 0.2) is 0 Å². The molecule has 1 amide bonds. The molecule has 0 saturated carbocycles. The van der Waals surface area contributed by atoms with Gasteiger partial charge in [-0.3, -0.25) is 0 Å². The largest absolute Gasteiger partial charge is 0.465 e. The molecule has 0 unspecified atom stereocenters. The average Bonchev–Trinajstić information content (AvgIpc) is 2.68. The monoisotopic (exact) mass is 416 g/mol. The van der Waals surface area contributed by atoms with Crippen LogP contribution in [-0.2, 0) is 29.4 Å². The van der Waals surface area contributed by atoms with Crippen molar-refractivity contribution >= 4 is 16.1 Å². The van der Waals surface area contributed by atoms with Crippen LogP contribution in [0.3, 0.4) is 0 Å². The zero-order valence-corrected chi connectivity index (χ0v) is 17.4. The lowest BCUT2D eigenvalue weighted by molar-refractivity contribution is 0.185. The van der Waals surface area contributed by atoms with Gasteiger partial charge in [0.2, 0.25) is 10.0 Å². The maximum Gasteiger partial charge on any atom is 0.404 e. The van der Waals surface area contributed by atoms with Gasteiger partial charge in [-0.25, -0.2) is 17.9 Å². The van der Waals surface area contributed by atoms with Crippen molar-refractivity contribution < 1.29 is 18.3 Å². The first-order valence-electron chi connectivity index (χ1n) is 10.0. The number of rotatable bonds is 8. The summed E-state index contributed by atoms with van der Waals surface area (Å²) in [5, 5.41) is 12.0. The standard InChI is InChI=1S/C22H28N2O4S/c1-2-12-29(27,28)23-15-17-8-9-18-10-11-21(24-22(25)26)20(19(18)14-17)13-16-6-4-3-5-7-16/h3-9,14,20-21,23-24H,2,10-13,15H2,1H3,(H,25,26)/t20-,21+/m0/s1. The Morgan fingerprint density at radius 1 is 1.14 bits per heavy atom. The van der Waals surface area contributed by atoms with Crippen LogP contribution in [0.15, 0.2) is 48.5 Å². The van der Waals surface area contributed by atoms with Crippen LogP contribution in [0.2, 0.25) is 0 Å². The van der Waals surface area contributed by atoms with Gasteiger partial charge in [0.25, 0.3) is 0 Å². The molecule has 2 aromatic rings. The fourth-order valence-corrected chi connectivity index (χ4v) is 5.11. The van der Waals surface area contributed by atoms with Crippen LogP contribution in [0.1, 0.15) is 47.9 Å². The van der Waals surface area contributed by atoms with E-state index < -0.39 is 16.1 Å². The van der Waals surface area contributed by atoms with Crippen molar-refractivity contribution in [2.45, 2.75) is 51.1 Å². The van der Waals surface area contributed by atoms with Crippen LogP contribution in [0.4, 0.5) is 4.79 Å². The van der Waals surface area contributed by atoms with E-state index in [4.69, 9.17) is 0 Å². The van der Waals surface area contributed by atoms with Crippen LogP contribution >= 0.6 is 0 Å². The molecule has 0 spiro atoms. The average molecular weight is 417 g/mol. The Morgan fingerprint density at radius 3 is 2.59 bits per heavy atom. The number of carbonyl (C=O) groups is 1. The molecule has 0 bridgehead atoms. The topological polar surface area (TPSA) is 95.5 Å². The normalized spacial score (nSPS) is 18.8. The number of fused-ring (bicyclic) bond motifs is 1. The summed E-state index contributed by atoms with van der Waals surface area (Å²) in [7, 11) is -3.28. The molecule has 7 heteroatoms. The van der Waals surface area contributed by atoms with Crippen LogP contribution < -0.4 is 10.0 Å². The molecule has 1 aliphatic carbocycles. The van der Waals surface area contributed by atoms with E-state index in [0.29, 0.717) is 6.42 Å². The minimum Gasteiger partial charge on any atom is -0.465 e. The van der Waals surface area contributed by atoms with Crippen molar-refractivity contribution in [1.29, 1.82) is 0 Å². The highest BCUT2D eigenvalue weighted by Crippen LogP contribution is 2.35. The van der Waals surface area contributed by atoms with Crippen molar-refractivity contribution in [1.82, 2.24) is 10.0 Å². The number of hydrogen-bond acceptors (Lipinski definition) is 3. The second-order valence-corrected chi connectivity index (χ2v) is 9.49. The number of nitrogens with one attached hydrogen (secondary N) is 2. The Bertz CT molecular complexity index is 945. The van der Waals surface area contributed by atoms with Gasteiger partial charge in [-0.1, -0.05) is 55.5 Å². The summed E-state index contributed by atoms with van der Waals surface area (Å²) < 4.78 is 26.6. The smallest absolute Gasteiger partial charge is 0.404 e. The van der Waals surface area contributed by atoms with E-state index >= 15 is 0 Å². The Hall–Kier alpha value is -2.38. The van der Waals surface area contributed by atoms with E-state index in [1.54, 1.807) is 0 Å². The zero-order valence-electron chi connectivity index (χ0n) is 16.6. The van der Waals surface area contributed by atoms with Crippen LogP contribution in [0.5, 0.6) is 0 Å². The van der Waals surface area contributed by atoms with Gasteiger partial charge >= 0.3 is 6.09 Å². The molecule has 29 heavy (non-hydrogen) atoms. The summed E-state index contributed by atoms with van der Waals surface area (Å²) in [4.78, 5) is 11.3. The highest BCUT2D eigenvalue weighted by Gasteiger charge is 2.31. The molecule has 3 N–H and O–H groups in total. The van der Waals surface area contributed by atoms with Crippen LogP contribution in [0.25, 0.3) is 0 Å². The zero-order chi connectivity index (χ0) is 20.9. The summed E-state index contributed by atoms with van der Waals surface area (Å²) in [5.74, 6) is 0.114. The van der Waals surface area contributed by atoms with Gasteiger partial charge in [0, 0.05) is 18.5 Å². The third-order valence-corrected chi connectivity index (χ3v) is 6.93. The van der Waals surface area contributed by atoms with E-state index in [9.17, 15) is 18.3 Å². The molecule has 0 heterocycles. The molecule has 1 aliphatic rings. The van der Waals surface area contributed by atoms with E-state index in [2.05, 4.69) is 22.2 Å². The van der Waals surface area contributed by atoms with Crippen molar-refractivity contribution in [3.05, 3.63) is 70.8 Å². The van der Waals surface area contributed by atoms with Crippen molar-refractivity contribution in [2.24, 2.45) is 0 Å². The lowest BCUT2D eigenvalue weighted by Gasteiger charge is -2.34. The first-order valence-corrected chi connectivity index (χ1v) is 11.7. The summed E-state index contributed by atoms with van der Waals surface area (Å²) in [5.41, 5.74) is 4.34. The second-order valence-electron chi connectivity index (χ2n) is 7.56. The van der Waals surface area contributed by atoms with E-state index in [1.807, 2.05) is 43.3 Å². The minimum atomic E-state index is -3.28. The number of hydrogen-bond donors (Lipinski definition) is 3. The minimum absolute atomic E-state index is 0.00412. The molecule has 2 atom stereocenters. The highest BCUT2D eigenvalue weighted by atomic mass is 32.2. The molecule has 6 nitrogen and oxygen atoms in total. The number of carboxylic acid groups (broad SMARTS) is 1. The van der Waals surface area contributed by atoms with E-state index in [1.165, 1.54) is 5.56 Å². The predicted molar refractivity (Wildman–Crippen MR) is 114 cm³/mol. The molecule has 3 rings (SSSR count). The van der Waals surface area contributed by atoms with Crippen molar-refractivity contribution in [3.8, 4) is 0 Å². The molecule has 0 radical (unpaired) electrons. The second kappa shape index (κ2) is 9.41. The molecule has 0 aliphatic heterocycles. The first-order chi connectivity index (χ1) is 13.9. The third-order valence-electron chi connectivity index (χ3n) is 5.40. The number of amides is 1. The fourth-order valence-electron chi connectivity index (χ4n) is 4.04. The molecule has 0 saturated heterocycles. The SMILES string of the molecule is CCCS(=O)(=O)NCc1ccc2c(c1)[C@H](Cc1ccccc1)[C@H](NC(=O)O)CC2. The third kappa shape index (κ3) is 5.81. The quantitative estimate of drug-likeness (QED) is 0.614. The molecule has 156 valence electrons. The molecule has 0 aromatic heterocycles. The Morgan fingerprint density at radius 2 is 1.90 bits per heavy atom. The van der Waals surface area contributed by atoms with E-state index in [-0.39, 0.29) is 24.3 Å². The van der Waals surface area contributed by atoms with Crippen LogP contribution in [-0.4, -0.2) is 31.4 Å². The first kappa shape index (κ1) is 21.3. The highest BCUT2D eigenvalue weighted by molar-refractivity contribution is 7.89. The van der Waals surface area contributed by atoms with Gasteiger partial charge in [0.05, 0.1) is 5.75 Å². The van der Waals surface area contributed by atoms with Crippen molar-refractivity contribution in [2.75, 3.05) is 5.75 Å². The lowest BCUT2D eigenvalue weighted by Crippen LogP contribution is -2.42. The summed E-state index contributed by atoms with van der Waals surface area (Å²) in [6.07, 6.45) is 1.83. The maximum absolute atomic E-state index is 12.0. The summed E-state index contributed by atoms with van der Waals surface area (Å²) >= 11 is 0. The number of benzene rings is 2. The van der Waals surface area contributed by atoms with Gasteiger partial charge in [-0.05, 0) is 47.9 Å². The van der Waals surface area contributed by atoms with Crippen molar-refractivity contribution in [3.63, 3.8) is 0 Å². The molecular formula is C22H28N2O4S. The predicted octanol–water partition coefficient (Wildman–Crippen LogP) is 3.42.